The van der Waals surface area contributed by atoms with E-state index in [-0.39, 0.29) is 34.5 Å². The molecule has 0 saturated heterocycles. The van der Waals surface area contributed by atoms with E-state index in [1.807, 2.05) is 5.32 Å². The van der Waals surface area contributed by atoms with Gasteiger partial charge in [0.15, 0.2) is 5.96 Å². The van der Waals surface area contributed by atoms with Gasteiger partial charge in [0.2, 0.25) is 0 Å². The molecular weight excluding hydrogens is 330 g/mol. The molecule has 9 heteroatoms. The molecule has 0 saturated carbocycles. The van der Waals surface area contributed by atoms with Crippen molar-refractivity contribution < 1.29 is 18.0 Å². The van der Waals surface area contributed by atoms with E-state index in [0.717, 1.165) is 6.07 Å². The van der Waals surface area contributed by atoms with Crippen molar-refractivity contribution in [2.75, 3.05) is 0 Å². The largest absolute Gasteiger partial charge is 0.416 e. The van der Waals surface area contributed by atoms with Gasteiger partial charge in [-0.15, -0.1) is 12.4 Å². The number of alkyl halides is 3. The van der Waals surface area contributed by atoms with Gasteiger partial charge < -0.3 is 5.73 Å². The molecule has 0 spiro atoms. The first kappa shape index (κ1) is 19.5. The number of hydrogen-bond donors (Lipinski definition) is 3. The lowest BCUT2D eigenvalue weighted by atomic mass is 9.97. The van der Waals surface area contributed by atoms with E-state index >= 15 is 0 Å². The molecule has 0 atom stereocenters. The van der Waals surface area contributed by atoms with E-state index in [2.05, 4.69) is 0 Å². The molecule has 0 bridgehead atoms. The van der Waals surface area contributed by atoms with Crippen LogP contribution in [0.25, 0.3) is 0 Å². The molecule has 1 aromatic carbocycles. The van der Waals surface area contributed by atoms with Crippen LogP contribution < -0.4 is 11.1 Å². The van der Waals surface area contributed by atoms with Gasteiger partial charge in [0.05, 0.1) is 16.1 Å². The Bertz CT molecular complexity index is 559. The van der Waals surface area contributed by atoms with Crippen LogP contribution in [-0.2, 0) is 6.18 Å². The minimum Gasteiger partial charge on any atom is -0.370 e. The third-order valence-corrected chi connectivity index (χ3v) is 2.96. The van der Waals surface area contributed by atoms with Gasteiger partial charge in [-0.25, -0.2) is 0 Å². The lowest BCUT2D eigenvalue weighted by Gasteiger charge is -2.16. The number of carbonyl (C=O) groups excluding carboxylic acids is 1. The molecule has 0 aliphatic heterocycles. The number of carbonyl (C=O) groups is 1. The molecule has 0 fully saturated rings. The SMILES string of the molecule is CC(C)c1cc(C(F)(F)F)cc(C(=O)NC(=N)N)c1Cl.Cl. The minimum absolute atomic E-state index is 0. The highest BCUT2D eigenvalue weighted by Gasteiger charge is 2.33. The first-order chi connectivity index (χ1) is 9.04. The number of amides is 1. The normalized spacial score (nSPS) is 11.0. The fraction of sp³-hybridized carbons (Fsp3) is 0.333. The van der Waals surface area contributed by atoms with E-state index in [9.17, 15) is 18.0 Å². The molecule has 1 rings (SSSR count). The summed E-state index contributed by atoms with van der Waals surface area (Å²) in [5.41, 5.74) is 3.86. The number of halogens is 5. The van der Waals surface area contributed by atoms with Gasteiger partial charge in [-0.3, -0.25) is 15.5 Å². The van der Waals surface area contributed by atoms with Crippen LogP contribution in [0.15, 0.2) is 12.1 Å². The maximum Gasteiger partial charge on any atom is 0.416 e. The smallest absolute Gasteiger partial charge is 0.370 e. The Morgan fingerprint density at radius 2 is 1.90 bits per heavy atom. The van der Waals surface area contributed by atoms with Gasteiger partial charge in [-0.05, 0) is 23.6 Å². The second-order valence-electron chi connectivity index (χ2n) is 4.45. The highest BCUT2D eigenvalue weighted by Crippen LogP contribution is 2.36. The number of nitrogens with two attached hydrogens (primary N) is 1. The Morgan fingerprint density at radius 3 is 2.29 bits per heavy atom. The van der Waals surface area contributed by atoms with Crippen molar-refractivity contribution in [3.8, 4) is 0 Å². The van der Waals surface area contributed by atoms with Gasteiger partial charge in [0.25, 0.3) is 5.91 Å². The van der Waals surface area contributed by atoms with Crippen molar-refractivity contribution in [1.82, 2.24) is 5.32 Å². The van der Waals surface area contributed by atoms with Crippen LogP contribution in [0, 0.1) is 5.41 Å². The summed E-state index contributed by atoms with van der Waals surface area (Å²) < 4.78 is 38.5. The van der Waals surface area contributed by atoms with Crippen LogP contribution in [0.3, 0.4) is 0 Å². The summed E-state index contributed by atoms with van der Waals surface area (Å²) in [5.74, 6) is -1.92. The Kier molecular flexibility index (Phi) is 6.51. The number of guanidine groups is 1. The Morgan fingerprint density at radius 1 is 1.38 bits per heavy atom. The predicted octanol–water partition coefficient (Wildman–Crippen LogP) is 3.53. The van der Waals surface area contributed by atoms with Crippen molar-refractivity contribution in [1.29, 1.82) is 5.41 Å². The van der Waals surface area contributed by atoms with Crippen LogP contribution in [0.5, 0.6) is 0 Å². The summed E-state index contributed by atoms with van der Waals surface area (Å²) in [6, 6.07) is 1.56. The fourth-order valence-electron chi connectivity index (χ4n) is 1.59. The predicted molar refractivity (Wildman–Crippen MR) is 77.2 cm³/mol. The highest BCUT2D eigenvalue weighted by atomic mass is 35.5. The lowest BCUT2D eigenvalue weighted by molar-refractivity contribution is -0.137. The average molecular weight is 344 g/mol. The summed E-state index contributed by atoms with van der Waals surface area (Å²) in [6.45, 7) is 3.32. The Hall–Kier alpha value is -1.47. The van der Waals surface area contributed by atoms with Gasteiger partial charge in [-0.2, -0.15) is 13.2 Å². The first-order valence-electron chi connectivity index (χ1n) is 5.60. The summed E-state index contributed by atoms with van der Waals surface area (Å²) in [4.78, 5) is 11.7. The van der Waals surface area contributed by atoms with E-state index in [0.29, 0.717) is 6.07 Å². The van der Waals surface area contributed by atoms with Crippen LogP contribution >= 0.6 is 24.0 Å². The summed E-state index contributed by atoms with van der Waals surface area (Å²) in [6.07, 6.45) is -4.60. The second-order valence-corrected chi connectivity index (χ2v) is 4.83. The summed E-state index contributed by atoms with van der Waals surface area (Å²) in [7, 11) is 0. The monoisotopic (exact) mass is 343 g/mol. The van der Waals surface area contributed by atoms with Crippen LogP contribution in [0.4, 0.5) is 13.2 Å². The van der Waals surface area contributed by atoms with E-state index in [1.165, 1.54) is 0 Å². The van der Waals surface area contributed by atoms with Crippen LogP contribution in [0.1, 0.15) is 41.3 Å². The fourth-order valence-corrected chi connectivity index (χ4v) is 2.00. The molecular formula is C12H14Cl2F3N3O. The quantitative estimate of drug-likeness (QED) is 0.567. The summed E-state index contributed by atoms with van der Waals surface area (Å²) >= 11 is 5.96. The number of benzene rings is 1. The van der Waals surface area contributed by atoms with E-state index < -0.39 is 23.6 Å². The van der Waals surface area contributed by atoms with Gasteiger partial charge in [0, 0.05) is 0 Å². The van der Waals surface area contributed by atoms with Crippen molar-refractivity contribution >= 4 is 35.9 Å². The minimum atomic E-state index is -4.60. The molecule has 4 N–H and O–H groups in total. The van der Waals surface area contributed by atoms with Gasteiger partial charge >= 0.3 is 6.18 Å². The van der Waals surface area contributed by atoms with E-state index in [4.69, 9.17) is 22.7 Å². The third kappa shape index (κ3) is 4.78. The highest BCUT2D eigenvalue weighted by molar-refractivity contribution is 6.35. The molecule has 118 valence electrons. The second kappa shape index (κ2) is 7.00. The molecule has 1 amide bonds. The van der Waals surface area contributed by atoms with E-state index in [1.54, 1.807) is 13.8 Å². The molecule has 0 radical (unpaired) electrons. The maximum atomic E-state index is 12.8. The van der Waals surface area contributed by atoms with Crippen LogP contribution in [0.2, 0.25) is 5.02 Å². The van der Waals surface area contributed by atoms with Crippen molar-refractivity contribution in [3.63, 3.8) is 0 Å². The van der Waals surface area contributed by atoms with Crippen LogP contribution in [-0.4, -0.2) is 11.9 Å². The molecule has 0 unspecified atom stereocenters. The van der Waals surface area contributed by atoms with Crippen molar-refractivity contribution in [2.45, 2.75) is 25.9 Å². The number of rotatable bonds is 2. The summed E-state index contributed by atoms with van der Waals surface area (Å²) in [5, 5.41) is 8.78. The molecule has 0 aliphatic rings. The molecule has 0 aromatic heterocycles. The third-order valence-electron chi connectivity index (χ3n) is 2.54. The zero-order valence-electron chi connectivity index (χ0n) is 11.1. The molecule has 1 aromatic rings. The topological polar surface area (TPSA) is 79.0 Å². The first-order valence-corrected chi connectivity index (χ1v) is 5.97. The van der Waals surface area contributed by atoms with Crippen molar-refractivity contribution in [2.24, 2.45) is 5.73 Å². The molecule has 0 heterocycles. The Labute approximate surface area is 130 Å². The molecule has 0 aliphatic carbocycles. The van der Waals surface area contributed by atoms with Gasteiger partial charge in [-0.1, -0.05) is 25.4 Å². The molecule has 4 nitrogen and oxygen atoms in total. The molecule has 21 heavy (non-hydrogen) atoms. The van der Waals surface area contributed by atoms with Gasteiger partial charge in [0.1, 0.15) is 0 Å². The average Bonchev–Trinajstić information content (AvgIpc) is 2.25. The zero-order valence-corrected chi connectivity index (χ0v) is 12.7. The standard InChI is InChI=1S/C12H13ClF3N3O.ClH/c1-5(2)7-3-6(12(14,15)16)4-8(9(7)13)10(20)19-11(17)18;/h3-5H,1-2H3,(H4,17,18,19,20);1H. The Balaban J connectivity index is 0.00000400. The number of hydrogen-bond acceptors (Lipinski definition) is 2. The lowest BCUT2D eigenvalue weighted by Crippen LogP contribution is -2.36. The zero-order chi connectivity index (χ0) is 15.7. The number of nitrogens with one attached hydrogen (secondary N) is 2. The maximum absolute atomic E-state index is 12.8. The van der Waals surface area contributed by atoms with Crippen molar-refractivity contribution in [3.05, 3.63) is 33.8 Å².